The third kappa shape index (κ3) is 3.49. The van der Waals surface area contributed by atoms with E-state index in [4.69, 9.17) is 0 Å². The summed E-state index contributed by atoms with van der Waals surface area (Å²) in [5.41, 5.74) is 0.826. The molecule has 110 valence electrons. The Bertz CT molecular complexity index is 466. The smallest absolute Gasteiger partial charge is 0.317 e. The van der Waals surface area contributed by atoms with Gasteiger partial charge in [-0.1, -0.05) is 6.92 Å². The van der Waals surface area contributed by atoms with E-state index in [-0.39, 0.29) is 24.6 Å². The van der Waals surface area contributed by atoms with Crippen LogP contribution in [0.15, 0.2) is 22.8 Å². The van der Waals surface area contributed by atoms with Crippen molar-refractivity contribution in [2.24, 2.45) is 11.8 Å². The lowest BCUT2D eigenvalue weighted by molar-refractivity contribution is 0.193. The molecule has 0 bridgehead atoms. The molecule has 2 rings (SSSR count). The van der Waals surface area contributed by atoms with Gasteiger partial charge in [-0.15, -0.1) is 0 Å². The number of nitrogens with zero attached hydrogens (tertiary/aromatic N) is 2. The summed E-state index contributed by atoms with van der Waals surface area (Å²) >= 11 is 3.34. The van der Waals surface area contributed by atoms with Gasteiger partial charge in [-0.05, 0) is 40.9 Å². The summed E-state index contributed by atoms with van der Waals surface area (Å²) in [4.78, 5) is 18.2. The van der Waals surface area contributed by atoms with Gasteiger partial charge < -0.3 is 15.3 Å². The Labute approximate surface area is 127 Å². The standard InChI is InChI=1S/C14H20BrN3O2/c1-9-6-18(7-11(9)8-19)14(20)17-10(2)13-4-3-12(15)5-16-13/h3-5,9-11,19H,6-8H2,1-2H3,(H,17,20)/t9-,10+,11+/m1/s1. The van der Waals surface area contributed by atoms with Crippen LogP contribution in [0.1, 0.15) is 25.6 Å². The molecule has 2 amide bonds. The number of likely N-dealkylation sites (tertiary alicyclic amines) is 1. The zero-order valence-electron chi connectivity index (χ0n) is 11.7. The number of amides is 2. The molecule has 20 heavy (non-hydrogen) atoms. The van der Waals surface area contributed by atoms with Gasteiger partial charge in [-0.2, -0.15) is 0 Å². The van der Waals surface area contributed by atoms with Crippen LogP contribution in [0.4, 0.5) is 4.79 Å². The minimum atomic E-state index is -0.140. The van der Waals surface area contributed by atoms with Crippen molar-refractivity contribution in [3.05, 3.63) is 28.5 Å². The highest BCUT2D eigenvalue weighted by Crippen LogP contribution is 2.23. The molecule has 0 spiro atoms. The first-order chi connectivity index (χ1) is 9.51. The molecule has 5 nitrogen and oxygen atoms in total. The second-order valence-corrected chi connectivity index (χ2v) is 6.31. The SMILES string of the molecule is C[C@H](NC(=O)N1C[C@@H](CO)[C@H](C)C1)c1ccc(Br)cn1. The van der Waals surface area contributed by atoms with E-state index in [0.29, 0.717) is 19.0 Å². The minimum absolute atomic E-state index is 0.0926. The van der Waals surface area contributed by atoms with Crippen LogP contribution in [0.2, 0.25) is 0 Å². The van der Waals surface area contributed by atoms with Gasteiger partial charge in [0, 0.05) is 36.3 Å². The van der Waals surface area contributed by atoms with E-state index in [2.05, 4.69) is 33.2 Å². The van der Waals surface area contributed by atoms with E-state index in [1.165, 1.54) is 0 Å². The molecule has 1 saturated heterocycles. The second-order valence-electron chi connectivity index (χ2n) is 5.40. The fourth-order valence-corrected chi connectivity index (χ4v) is 2.67. The molecule has 0 aliphatic carbocycles. The zero-order valence-corrected chi connectivity index (χ0v) is 13.3. The van der Waals surface area contributed by atoms with Crippen molar-refractivity contribution in [1.82, 2.24) is 15.2 Å². The Balaban J connectivity index is 1.93. The average Bonchev–Trinajstić information content (AvgIpc) is 2.80. The number of aromatic nitrogens is 1. The number of aliphatic hydroxyl groups is 1. The van der Waals surface area contributed by atoms with Crippen LogP contribution in [0.5, 0.6) is 0 Å². The summed E-state index contributed by atoms with van der Waals surface area (Å²) in [6.07, 6.45) is 1.72. The van der Waals surface area contributed by atoms with Crippen molar-refractivity contribution in [1.29, 1.82) is 0 Å². The molecule has 0 unspecified atom stereocenters. The maximum absolute atomic E-state index is 12.2. The van der Waals surface area contributed by atoms with Crippen molar-refractivity contribution in [3.63, 3.8) is 0 Å². The van der Waals surface area contributed by atoms with Crippen molar-refractivity contribution >= 4 is 22.0 Å². The van der Waals surface area contributed by atoms with Crippen LogP contribution in [0, 0.1) is 11.8 Å². The number of halogens is 1. The Morgan fingerprint density at radius 2 is 2.35 bits per heavy atom. The van der Waals surface area contributed by atoms with Gasteiger partial charge in [0.1, 0.15) is 0 Å². The molecular weight excluding hydrogens is 322 g/mol. The topological polar surface area (TPSA) is 65.5 Å². The van der Waals surface area contributed by atoms with Gasteiger partial charge in [0.15, 0.2) is 0 Å². The molecule has 6 heteroatoms. The summed E-state index contributed by atoms with van der Waals surface area (Å²) < 4.78 is 0.916. The maximum atomic E-state index is 12.2. The highest BCUT2D eigenvalue weighted by molar-refractivity contribution is 9.10. The highest BCUT2D eigenvalue weighted by Gasteiger charge is 2.32. The number of nitrogens with one attached hydrogen (secondary N) is 1. The highest BCUT2D eigenvalue weighted by atomic mass is 79.9. The monoisotopic (exact) mass is 341 g/mol. The lowest BCUT2D eigenvalue weighted by Gasteiger charge is -2.20. The largest absolute Gasteiger partial charge is 0.396 e. The number of carbonyl (C=O) groups is 1. The number of carbonyl (C=O) groups excluding carboxylic acids is 1. The fraction of sp³-hybridized carbons (Fsp3) is 0.571. The summed E-state index contributed by atoms with van der Waals surface area (Å²) in [6.45, 7) is 5.42. The number of rotatable bonds is 3. The van der Waals surface area contributed by atoms with E-state index in [9.17, 15) is 9.90 Å². The van der Waals surface area contributed by atoms with E-state index >= 15 is 0 Å². The molecule has 2 heterocycles. The molecule has 0 radical (unpaired) electrons. The Hall–Kier alpha value is -1.14. The molecule has 1 aromatic rings. The molecular formula is C14H20BrN3O2. The Kier molecular flexibility index (Phi) is 4.99. The zero-order chi connectivity index (χ0) is 14.7. The van der Waals surface area contributed by atoms with E-state index in [1.807, 2.05) is 19.1 Å². The lowest BCUT2D eigenvalue weighted by Crippen LogP contribution is -2.40. The van der Waals surface area contributed by atoms with Crippen LogP contribution >= 0.6 is 15.9 Å². The van der Waals surface area contributed by atoms with Crippen molar-refractivity contribution in [2.75, 3.05) is 19.7 Å². The van der Waals surface area contributed by atoms with Gasteiger partial charge in [0.05, 0.1) is 11.7 Å². The summed E-state index contributed by atoms with van der Waals surface area (Å²) in [7, 11) is 0. The maximum Gasteiger partial charge on any atom is 0.317 e. The fourth-order valence-electron chi connectivity index (χ4n) is 2.43. The molecule has 1 aromatic heterocycles. The average molecular weight is 342 g/mol. The molecule has 1 aliphatic rings. The Morgan fingerprint density at radius 3 is 2.90 bits per heavy atom. The first-order valence-corrected chi connectivity index (χ1v) is 7.58. The van der Waals surface area contributed by atoms with Crippen LogP contribution in [0.25, 0.3) is 0 Å². The first-order valence-electron chi connectivity index (χ1n) is 6.79. The number of aliphatic hydroxyl groups excluding tert-OH is 1. The number of hydrogen-bond acceptors (Lipinski definition) is 3. The number of hydrogen-bond donors (Lipinski definition) is 2. The van der Waals surface area contributed by atoms with Crippen LogP contribution in [0.3, 0.4) is 0 Å². The number of urea groups is 1. The molecule has 1 aliphatic heterocycles. The third-order valence-electron chi connectivity index (χ3n) is 3.82. The molecule has 1 fully saturated rings. The third-order valence-corrected chi connectivity index (χ3v) is 4.29. The molecule has 0 aromatic carbocycles. The van der Waals surface area contributed by atoms with Crippen molar-refractivity contribution in [2.45, 2.75) is 19.9 Å². The van der Waals surface area contributed by atoms with E-state index in [0.717, 1.165) is 10.2 Å². The normalized spacial score (nSPS) is 23.7. The molecule has 3 atom stereocenters. The summed E-state index contributed by atoms with van der Waals surface area (Å²) in [5, 5.41) is 12.2. The molecule has 0 saturated carbocycles. The molecule has 2 N–H and O–H groups in total. The van der Waals surface area contributed by atoms with Crippen molar-refractivity contribution < 1.29 is 9.90 Å². The van der Waals surface area contributed by atoms with Crippen LogP contribution < -0.4 is 5.32 Å². The summed E-state index contributed by atoms with van der Waals surface area (Å²) in [6, 6.07) is 3.56. The first kappa shape index (κ1) is 15.3. The quantitative estimate of drug-likeness (QED) is 0.885. The van der Waals surface area contributed by atoms with E-state index < -0.39 is 0 Å². The van der Waals surface area contributed by atoms with Gasteiger partial charge in [-0.25, -0.2) is 4.79 Å². The Morgan fingerprint density at radius 1 is 1.60 bits per heavy atom. The lowest BCUT2D eigenvalue weighted by atomic mass is 10.00. The van der Waals surface area contributed by atoms with Crippen LogP contribution in [-0.4, -0.2) is 40.7 Å². The minimum Gasteiger partial charge on any atom is -0.396 e. The van der Waals surface area contributed by atoms with Crippen molar-refractivity contribution in [3.8, 4) is 0 Å². The number of pyridine rings is 1. The summed E-state index contributed by atoms with van der Waals surface area (Å²) in [5.74, 6) is 0.522. The van der Waals surface area contributed by atoms with Crippen LogP contribution in [-0.2, 0) is 0 Å². The predicted molar refractivity (Wildman–Crippen MR) is 80.2 cm³/mol. The van der Waals surface area contributed by atoms with Gasteiger partial charge in [0.25, 0.3) is 0 Å². The van der Waals surface area contributed by atoms with Gasteiger partial charge in [-0.3, -0.25) is 4.98 Å². The van der Waals surface area contributed by atoms with Gasteiger partial charge in [0.2, 0.25) is 0 Å². The van der Waals surface area contributed by atoms with Gasteiger partial charge >= 0.3 is 6.03 Å². The predicted octanol–water partition coefficient (Wildman–Crippen LogP) is 2.17. The second kappa shape index (κ2) is 6.54. The van der Waals surface area contributed by atoms with E-state index in [1.54, 1.807) is 11.1 Å².